The van der Waals surface area contributed by atoms with Gasteiger partial charge in [0.2, 0.25) is 0 Å². The Bertz CT molecular complexity index is 2180. The van der Waals surface area contributed by atoms with Gasteiger partial charge in [0.1, 0.15) is 29.5 Å². The number of sulfone groups is 1. The summed E-state index contributed by atoms with van der Waals surface area (Å²) in [6, 6.07) is 25.1. The molecule has 6 rings (SSSR count). The van der Waals surface area contributed by atoms with Crippen LogP contribution in [-0.4, -0.2) is 46.2 Å². The van der Waals surface area contributed by atoms with E-state index in [4.69, 9.17) is 9.47 Å². The van der Waals surface area contributed by atoms with Crippen LogP contribution in [0.25, 0.3) is 0 Å². The zero-order chi connectivity index (χ0) is 36.3. The molecule has 0 radical (unpaired) electrons. The van der Waals surface area contributed by atoms with E-state index in [0.29, 0.717) is 34.2 Å². The lowest BCUT2D eigenvalue weighted by atomic mass is 9.96. The summed E-state index contributed by atoms with van der Waals surface area (Å²) < 4.78 is 35.4. The van der Waals surface area contributed by atoms with Crippen molar-refractivity contribution < 1.29 is 27.5 Å². The van der Waals surface area contributed by atoms with E-state index in [1.165, 1.54) is 24.1 Å². The molecule has 0 N–H and O–H groups in total. The van der Waals surface area contributed by atoms with Crippen LogP contribution in [0.5, 0.6) is 11.5 Å². The number of nitrogens with zero attached hydrogens (tertiary/aromatic N) is 4. The number of rotatable bonds is 6. The molecule has 0 bridgehead atoms. The number of hydrogen-bond acceptors (Lipinski definition) is 9. The molecule has 2 aliphatic heterocycles. The van der Waals surface area contributed by atoms with Gasteiger partial charge in [-0.15, -0.1) is 11.8 Å². The summed E-state index contributed by atoms with van der Waals surface area (Å²) in [6.07, 6.45) is 0. The van der Waals surface area contributed by atoms with Crippen molar-refractivity contribution in [2.75, 3.05) is 35.8 Å². The molecule has 256 valence electrons. The second-order valence-electron chi connectivity index (χ2n) is 12.2. The highest BCUT2D eigenvalue weighted by atomic mass is 32.2. The quantitative estimate of drug-likeness (QED) is 0.199. The third-order valence-corrected chi connectivity index (χ3v) is 11.1. The van der Waals surface area contributed by atoms with Crippen LogP contribution in [-0.2, 0) is 9.84 Å². The number of carbonyl (C=O) groups is 2. The number of hydrogen-bond donors (Lipinski definition) is 0. The van der Waals surface area contributed by atoms with Crippen molar-refractivity contribution in [2.24, 2.45) is 0 Å². The molecule has 4 aromatic carbocycles. The van der Waals surface area contributed by atoms with Crippen LogP contribution in [0, 0.1) is 22.7 Å². The lowest BCUT2D eigenvalue weighted by Crippen LogP contribution is -2.30. The molecular formula is C38H36N4O6S2. The molecular weight excluding hydrogens is 673 g/mol. The van der Waals surface area contributed by atoms with E-state index in [9.17, 15) is 28.5 Å². The number of para-hydroxylation sites is 2. The van der Waals surface area contributed by atoms with Gasteiger partial charge in [-0.2, -0.15) is 10.5 Å². The maximum Gasteiger partial charge on any atom is 0.259 e. The fourth-order valence-electron chi connectivity index (χ4n) is 5.93. The van der Waals surface area contributed by atoms with E-state index in [2.05, 4.69) is 6.07 Å². The van der Waals surface area contributed by atoms with Crippen LogP contribution in [0.1, 0.15) is 82.5 Å². The van der Waals surface area contributed by atoms with Gasteiger partial charge < -0.3 is 9.47 Å². The summed E-state index contributed by atoms with van der Waals surface area (Å²) in [7, 11) is -0.516. The third-order valence-electron chi connectivity index (χ3n) is 8.41. The predicted octanol–water partition coefficient (Wildman–Crippen LogP) is 7.48. The molecule has 0 spiro atoms. The van der Waals surface area contributed by atoms with Gasteiger partial charge in [0.25, 0.3) is 11.8 Å². The summed E-state index contributed by atoms with van der Waals surface area (Å²) in [5, 5.41) is 18.8. The summed E-state index contributed by atoms with van der Waals surface area (Å²) >= 11 is 1.64. The Hall–Kier alpha value is -5.30. The molecule has 12 heteroatoms. The number of thioether (sulfide) groups is 1. The predicted molar refractivity (Wildman–Crippen MR) is 193 cm³/mol. The lowest BCUT2D eigenvalue weighted by Gasteiger charge is -2.19. The average molecular weight is 709 g/mol. The van der Waals surface area contributed by atoms with E-state index < -0.39 is 21.6 Å². The highest BCUT2D eigenvalue weighted by molar-refractivity contribution is 8.00. The summed E-state index contributed by atoms with van der Waals surface area (Å²) in [5.41, 5.74) is 4.31. The largest absolute Gasteiger partial charge is 0.495 e. The molecule has 0 aliphatic carbocycles. The van der Waals surface area contributed by atoms with Crippen LogP contribution in [0.2, 0.25) is 0 Å². The standard InChI is InChI=1S/C19H18N2O4S.C19H18N2O2S/c1-12(2)15-9-13(8-14(10-20)18(15)25-3)19(22)21-11-26(23,24)17-7-5-4-6-16(17)21;1-12(2)15-9-13(8-14(10-20)18(15)23-3)19(22)21-11-24-17-7-5-4-6-16(17)21/h4-9,12H,11H2,1-3H3;4-9,12H,11H2,1-3H3. The normalized spacial score (nSPS) is 13.9. The van der Waals surface area contributed by atoms with Crippen LogP contribution >= 0.6 is 11.8 Å². The maximum absolute atomic E-state index is 13.1. The van der Waals surface area contributed by atoms with Gasteiger partial charge in [-0.25, -0.2) is 8.42 Å². The van der Waals surface area contributed by atoms with Gasteiger partial charge in [-0.3, -0.25) is 19.4 Å². The summed E-state index contributed by atoms with van der Waals surface area (Å²) in [5.74, 6) is 0.806. The van der Waals surface area contributed by atoms with Gasteiger partial charge >= 0.3 is 0 Å². The first kappa shape index (κ1) is 36.0. The molecule has 0 aromatic heterocycles. The van der Waals surface area contributed by atoms with E-state index in [1.54, 1.807) is 54.1 Å². The molecule has 2 amide bonds. The first-order chi connectivity index (χ1) is 23.9. The Kier molecular flexibility index (Phi) is 10.6. The zero-order valence-electron chi connectivity index (χ0n) is 28.6. The number of carbonyl (C=O) groups excluding carboxylic acids is 2. The van der Waals surface area contributed by atoms with E-state index in [-0.39, 0.29) is 33.8 Å². The number of benzene rings is 4. The first-order valence-electron chi connectivity index (χ1n) is 15.8. The van der Waals surface area contributed by atoms with Gasteiger partial charge in [0, 0.05) is 16.0 Å². The molecule has 0 saturated carbocycles. The molecule has 2 heterocycles. The first-order valence-corrected chi connectivity index (χ1v) is 18.4. The monoisotopic (exact) mass is 708 g/mol. The minimum absolute atomic E-state index is 0.0272. The van der Waals surface area contributed by atoms with Crippen molar-refractivity contribution in [1.29, 1.82) is 10.5 Å². The molecule has 0 saturated heterocycles. The number of nitriles is 2. The Morgan fingerprint density at radius 3 is 1.72 bits per heavy atom. The van der Waals surface area contributed by atoms with E-state index in [1.807, 2.05) is 64.1 Å². The summed E-state index contributed by atoms with van der Waals surface area (Å²) in [6.45, 7) is 7.91. The molecule has 10 nitrogen and oxygen atoms in total. The minimum atomic E-state index is -3.55. The molecule has 0 unspecified atom stereocenters. The zero-order valence-corrected chi connectivity index (χ0v) is 30.2. The Balaban J connectivity index is 0.000000195. The number of methoxy groups -OCH3 is 2. The van der Waals surface area contributed by atoms with Gasteiger partial charge in [0.05, 0.1) is 47.5 Å². The van der Waals surface area contributed by atoms with Crippen LogP contribution < -0.4 is 19.3 Å². The van der Waals surface area contributed by atoms with Gasteiger partial charge in [-0.05, 0) is 71.5 Å². The average Bonchev–Trinajstić information content (AvgIpc) is 3.68. The topological polar surface area (TPSA) is 141 Å². The highest BCUT2D eigenvalue weighted by Crippen LogP contribution is 2.40. The summed E-state index contributed by atoms with van der Waals surface area (Å²) in [4.78, 5) is 30.3. The van der Waals surface area contributed by atoms with Gasteiger partial charge in [-0.1, -0.05) is 52.0 Å². The Morgan fingerprint density at radius 2 is 1.22 bits per heavy atom. The maximum atomic E-state index is 13.1. The fourth-order valence-corrected chi connectivity index (χ4v) is 8.48. The van der Waals surface area contributed by atoms with Crippen LogP contribution in [0.4, 0.5) is 11.4 Å². The van der Waals surface area contributed by atoms with Crippen molar-refractivity contribution in [3.63, 3.8) is 0 Å². The second kappa shape index (κ2) is 14.7. The Labute approximate surface area is 296 Å². The minimum Gasteiger partial charge on any atom is -0.495 e. The highest BCUT2D eigenvalue weighted by Gasteiger charge is 2.36. The van der Waals surface area contributed by atoms with Gasteiger partial charge in [0.15, 0.2) is 9.84 Å². The number of anilines is 2. The van der Waals surface area contributed by atoms with Crippen molar-refractivity contribution in [3.8, 4) is 23.6 Å². The molecule has 0 atom stereocenters. The molecule has 2 aliphatic rings. The fraction of sp³-hybridized carbons (Fsp3) is 0.263. The van der Waals surface area contributed by atoms with Crippen LogP contribution in [0.15, 0.2) is 82.6 Å². The SMILES string of the molecule is COc1c(C#N)cc(C(=O)N2CS(=O)(=O)c3ccccc32)cc1C(C)C.COc1c(C#N)cc(C(=O)N2CSc3ccccc32)cc1C(C)C. The number of fused-ring (bicyclic) bond motifs is 2. The molecule has 0 fully saturated rings. The van der Waals surface area contributed by atoms with Crippen molar-refractivity contribution >= 4 is 44.8 Å². The van der Waals surface area contributed by atoms with E-state index >= 15 is 0 Å². The Morgan fingerprint density at radius 1 is 0.740 bits per heavy atom. The molecule has 50 heavy (non-hydrogen) atoms. The number of amides is 2. The number of ether oxygens (including phenoxy) is 2. The van der Waals surface area contributed by atoms with Crippen molar-refractivity contribution in [3.05, 3.63) is 106 Å². The smallest absolute Gasteiger partial charge is 0.259 e. The molecule has 4 aromatic rings. The van der Waals surface area contributed by atoms with Crippen molar-refractivity contribution in [2.45, 2.75) is 49.3 Å². The van der Waals surface area contributed by atoms with Crippen molar-refractivity contribution in [1.82, 2.24) is 0 Å². The van der Waals surface area contributed by atoms with E-state index in [0.717, 1.165) is 21.7 Å². The van der Waals surface area contributed by atoms with Crippen LogP contribution in [0.3, 0.4) is 0 Å². The lowest BCUT2D eigenvalue weighted by molar-refractivity contribution is 0.0984. The second-order valence-corrected chi connectivity index (χ2v) is 15.2. The third kappa shape index (κ3) is 6.77.